The summed E-state index contributed by atoms with van der Waals surface area (Å²) >= 11 is 0. The molecule has 0 aliphatic heterocycles. The molecule has 2 nitrogen and oxygen atoms in total. The van der Waals surface area contributed by atoms with Gasteiger partial charge < -0.3 is 9.47 Å². The zero-order valence-electron chi connectivity index (χ0n) is 19.9. The Morgan fingerprint density at radius 3 is 1.86 bits per heavy atom. The van der Waals surface area contributed by atoms with Gasteiger partial charge in [-0.2, -0.15) is 17.6 Å². The maximum absolute atomic E-state index is 14.8. The zero-order valence-corrected chi connectivity index (χ0v) is 19.9. The van der Waals surface area contributed by atoms with Crippen LogP contribution in [-0.2, 0) is 12.5 Å². The second-order valence-electron chi connectivity index (χ2n) is 8.34. The third-order valence-corrected chi connectivity index (χ3v) is 5.69. The molecular formula is C30H23F5O2. The lowest BCUT2D eigenvalue weighted by Gasteiger charge is -2.19. The van der Waals surface area contributed by atoms with Gasteiger partial charge in [-0.25, -0.2) is 4.39 Å². The van der Waals surface area contributed by atoms with Gasteiger partial charge in [0.15, 0.2) is 17.8 Å². The van der Waals surface area contributed by atoms with E-state index in [2.05, 4.69) is 11.7 Å². The molecule has 0 aliphatic carbocycles. The quantitative estimate of drug-likeness (QED) is 0.165. The van der Waals surface area contributed by atoms with E-state index in [-0.39, 0.29) is 23.3 Å². The van der Waals surface area contributed by atoms with E-state index in [0.29, 0.717) is 11.1 Å². The summed E-state index contributed by atoms with van der Waals surface area (Å²) in [6.45, 7) is 2.11. The second-order valence-corrected chi connectivity index (χ2v) is 8.34. The average Bonchev–Trinajstić information content (AvgIpc) is 2.89. The Bertz CT molecular complexity index is 1360. The molecule has 37 heavy (non-hydrogen) atoms. The Labute approximate surface area is 211 Å². The van der Waals surface area contributed by atoms with Crippen molar-refractivity contribution in [3.05, 3.63) is 120 Å². The lowest BCUT2D eigenvalue weighted by molar-refractivity contribution is -0.185. The molecule has 0 N–H and O–H groups in total. The number of halogens is 5. The van der Waals surface area contributed by atoms with Gasteiger partial charge in [-0.1, -0.05) is 67.9 Å². The Hall–Kier alpha value is -4.13. The molecule has 0 saturated heterocycles. The van der Waals surface area contributed by atoms with Crippen LogP contribution in [0.2, 0.25) is 0 Å². The van der Waals surface area contributed by atoms with Crippen LogP contribution in [0.25, 0.3) is 22.3 Å². The molecule has 0 saturated carbocycles. The van der Waals surface area contributed by atoms with Crippen LogP contribution < -0.4 is 9.47 Å². The molecule has 0 heterocycles. The normalized spacial score (nSPS) is 11.2. The van der Waals surface area contributed by atoms with Crippen molar-refractivity contribution >= 4 is 0 Å². The molecule has 190 valence electrons. The highest BCUT2D eigenvalue weighted by molar-refractivity contribution is 5.66. The summed E-state index contributed by atoms with van der Waals surface area (Å²) in [6, 6.07) is 23.4. The molecular weight excluding hydrogens is 487 g/mol. The van der Waals surface area contributed by atoms with Crippen molar-refractivity contribution in [2.45, 2.75) is 25.9 Å². The fraction of sp³-hybridized carbons (Fsp3) is 0.133. The van der Waals surface area contributed by atoms with E-state index < -0.39 is 18.0 Å². The number of hydrogen-bond donors (Lipinski definition) is 0. The lowest BCUT2D eigenvalue weighted by Crippen LogP contribution is -2.21. The van der Waals surface area contributed by atoms with Crippen molar-refractivity contribution in [3.63, 3.8) is 0 Å². The summed E-state index contributed by atoms with van der Waals surface area (Å²) in [4.78, 5) is 0. The molecule has 0 amide bonds. The summed E-state index contributed by atoms with van der Waals surface area (Å²) in [6.07, 6.45) is -3.48. The summed E-state index contributed by atoms with van der Waals surface area (Å²) in [5, 5.41) is 0. The van der Waals surface area contributed by atoms with Crippen LogP contribution in [0.4, 0.5) is 22.0 Å². The standard InChI is InChI=1S/C30H23F5O2/c1-2-3-20-4-6-21(7-5-20)22-8-13-25(14-9-22)30(34,35)37-26-15-10-23(11-16-26)24-12-17-28(27(31)18-24)36-19-29(32)33/h4-19H,2-3H2,1H3. The number of ether oxygens (including phenoxy) is 2. The van der Waals surface area contributed by atoms with E-state index in [1.54, 1.807) is 12.1 Å². The minimum atomic E-state index is -3.57. The molecule has 4 aromatic carbocycles. The molecule has 0 aliphatic rings. The maximum atomic E-state index is 14.8. The Kier molecular flexibility index (Phi) is 7.92. The molecule has 0 bridgehead atoms. The van der Waals surface area contributed by atoms with Crippen LogP contribution in [0.15, 0.2) is 103 Å². The van der Waals surface area contributed by atoms with Crippen molar-refractivity contribution in [1.82, 2.24) is 0 Å². The Morgan fingerprint density at radius 1 is 0.757 bits per heavy atom. The molecule has 0 unspecified atom stereocenters. The number of aryl methyl sites for hydroxylation is 1. The van der Waals surface area contributed by atoms with E-state index in [1.165, 1.54) is 54.1 Å². The zero-order chi connectivity index (χ0) is 26.4. The summed E-state index contributed by atoms with van der Waals surface area (Å²) in [5.41, 5.74) is 3.62. The van der Waals surface area contributed by atoms with Gasteiger partial charge in [-0.3, -0.25) is 0 Å². The topological polar surface area (TPSA) is 18.5 Å². The minimum Gasteiger partial charge on any atom is -0.456 e. The molecule has 0 radical (unpaired) electrons. The van der Waals surface area contributed by atoms with Gasteiger partial charge in [0.2, 0.25) is 0 Å². The molecule has 0 aromatic heterocycles. The predicted molar refractivity (Wildman–Crippen MR) is 133 cm³/mol. The molecule has 0 atom stereocenters. The predicted octanol–water partition coefficient (Wildman–Crippen LogP) is 9.36. The number of hydrogen-bond acceptors (Lipinski definition) is 2. The van der Waals surface area contributed by atoms with Gasteiger partial charge in [0.1, 0.15) is 5.75 Å². The SMILES string of the molecule is CCCc1ccc(-c2ccc(C(F)(F)Oc3ccc(-c4ccc(OC=C(F)F)c(F)c4)cc3)cc2)cc1. The van der Waals surface area contributed by atoms with Gasteiger partial charge in [0.05, 0.1) is 5.56 Å². The number of alkyl halides is 2. The van der Waals surface area contributed by atoms with Crippen LogP contribution in [0.1, 0.15) is 24.5 Å². The average molecular weight is 511 g/mol. The monoisotopic (exact) mass is 510 g/mol. The van der Waals surface area contributed by atoms with Crippen LogP contribution in [-0.4, -0.2) is 0 Å². The summed E-state index contributed by atoms with van der Waals surface area (Å²) < 4.78 is 77.6. The Balaban J connectivity index is 1.44. The number of rotatable bonds is 9. The van der Waals surface area contributed by atoms with E-state index in [4.69, 9.17) is 4.74 Å². The van der Waals surface area contributed by atoms with Crippen molar-refractivity contribution < 1.29 is 31.4 Å². The van der Waals surface area contributed by atoms with E-state index in [1.807, 2.05) is 24.3 Å². The fourth-order valence-electron chi connectivity index (χ4n) is 3.82. The summed E-state index contributed by atoms with van der Waals surface area (Å²) in [7, 11) is 0. The molecule has 0 fully saturated rings. The highest BCUT2D eigenvalue weighted by Gasteiger charge is 2.34. The third-order valence-electron chi connectivity index (χ3n) is 5.69. The highest BCUT2D eigenvalue weighted by atomic mass is 19.3. The van der Waals surface area contributed by atoms with Crippen LogP contribution in [0.3, 0.4) is 0 Å². The maximum Gasteiger partial charge on any atom is 0.426 e. The van der Waals surface area contributed by atoms with E-state index in [9.17, 15) is 22.0 Å². The number of benzene rings is 4. The third kappa shape index (κ3) is 6.55. The summed E-state index contributed by atoms with van der Waals surface area (Å²) in [5.74, 6) is -1.29. The second kappa shape index (κ2) is 11.3. The first kappa shape index (κ1) is 25.9. The van der Waals surface area contributed by atoms with Crippen LogP contribution >= 0.6 is 0 Å². The van der Waals surface area contributed by atoms with Gasteiger partial charge in [0.25, 0.3) is 0 Å². The lowest BCUT2D eigenvalue weighted by atomic mass is 10.0. The first-order chi connectivity index (χ1) is 17.7. The highest BCUT2D eigenvalue weighted by Crippen LogP contribution is 2.34. The van der Waals surface area contributed by atoms with Gasteiger partial charge in [0, 0.05) is 0 Å². The van der Waals surface area contributed by atoms with E-state index in [0.717, 1.165) is 30.0 Å². The molecule has 4 aromatic rings. The molecule has 4 rings (SSSR count). The van der Waals surface area contributed by atoms with Gasteiger partial charge in [-0.15, -0.1) is 0 Å². The van der Waals surface area contributed by atoms with Crippen LogP contribution in [0.5, 0.6) is 11.5 Å². The first-order valence-corrected chi connectivity index (χ1v) is 11.6. The smallest absolute Gasteiger partial charge is 0.426 e. The molecule has 7 heteroatoms. The van der Waals surface area contributed by atoms with Crippen molar-refractivity contribution in [2.24, 2.45) is 0 Å². The van der Waals surface area contributed by atoms with Crippen LogP contribution in [0, 0.1) is 5.82 Å². The Morgan fingerprint density at radius 2 is 1.30 bits per heavy atom. The van der Waals surface area contributed by atoms with Gasteiger partial charge in [-0.05, 0) is 70.6 Å². The first-order valence-electron chi connectivity index (χ1n) is 11.6. The van der Waals surface area contributed by atoms with Crippen molar-refractivity contribution in [2.75, 3.05) is 0 Å². The van der Waals surface area contributed by atoms with E-state index >= 15 is 0 Å². The minimum absolute atomic E-state index is 0.0756. The fourth-order valence-corrected chi connectivity index (χ4v) is 3.82. The van der Waals surface area contributed by atoms with Gasteiger partial charge >= 0.3 is 12.2 Å². The van der Waals surface area contributed by atoms with Crippen molar-refractivity contribution in [3.8, 4) is 33.8 Å². The van der Waals surface area contributed by atoms with Crippen molar-refractivity contribution in [1.29, 1.82) is 0 Å². The largest absolute Gasteiger partial charge is 0.456 e. The molecule has 0 spiro atoms.